The van der Waals surface area contributed by atoms with Gasteiger partial charge in [-0.1, -0.05) is 102 Å². The van der Waals surface area contributed by atoms with Gasteiger partial charge in [0.1, 0.15) is 12.6 Å². The molecule has 4 rings (SSSR count). The smallest absolute Gasteiger partial charge is 0.264 e. The average Bonchev–Trinajstić information content (AvgIpc) is 3.02. The highest BCUT2D eigenvalue weighted by Gasteiger charge is 2.34. The van der Waals surface area contributed by atoms with Crippen LogP contribution in [0.15, 0.2) is 102 Å². The predicted octanol–water partition coefficient (Wildman–Crippen LogP) is 7.32. The number of benzene rings is 4. The van der Waals surface area contributed by atoms with E-state index in [-0.39, 0.29) is 39.5 Å². The number of amides is 2. The van der Waals surface area contributed by atoms with Crippen LogP contribution in [0, 0.1) is 6.92 Å². The fourth-order valence-electron chi connectivity index (χ4n) is 4.76. The fourth-order valence-corrected chi connectivity index (χ4v) is 6.67. The number of sulfonamides is 1. The molecule has 2 amide bonds. The first-order valence-electron chi connectivity index (χ1n) is 14.4. The first-order valence-corrected chi connectivity index (χ1v) is 17.0. The van der Waals surface area contributed by atoms with E-state index in [9.17, 15) is 18.0 Å². The van der Waals surface area contributed by atoms with Gasteiger partial charge in [-0.3, -0.25) is 13.9 Å². The molecule has 11 heteroatoms. The Labute approximate surface area is 279 Å². The minimum atomic E-state index is -4.27. The van der Waals surface area contributed by atoms with Gasteiger partial charge in [0, 0.05) is 24.5 Å². The maximum absolute atomic E-state index is 14.5. The number of anilines is 1. The van der Waals surface area contributed by atoms with Crippen molar-refractivity contribution in [3.05, 3.63) is 129 Å². The average molecular weight is 687 g/mol. The van der Waals surface area contributed by atoms with Gasteiger partial charge in [-0.15, -0.1) is 0 Å². The van der Waals surface area contributed by atoms with Gasteiger partial charge in [-0.25, -0.2) is 8.42 Å². The van der Waals surface area contributed by atoms with Crippen LogP contribution in [-0.4, -0.2) is 44.3 Å². The number of hydrogen-bond acceptors (Lipinski definition) is 4. The monoisotopic (exact) mass is 685 g/mol. The van der Waals surface area contributed by atoms with Gasteiger partial charge < -0.3 is 10.2 Å². The minimum Gasteiger partial charge on any atom is -0.354 e. The molecule has 1 unspecified atom stereocenters. The van der Waals surface area contributed by atoms with Crippen LogP contribution in [0.3, 0.4) is 0 Å². The first-order chi connectivity index (χ1) is 21.5. The molecule has 7 nitrogen and oxygen atoms in total. The maximum Gasteiger partial charge on any atom is 0.264 e. The Morgan fingerprint density at radius 3 is 2.16 bits per heavy atom. The standard InChI is InChI=1S/C34H34Cl3N3O4S/c1-3-18-38-34(42)32(20-25-8-5-4-6-9-25)39(22-26-10-7-11-27(35)19-26)33(41)23-40(28-14-17-30(36)31(37)21-28)45(43,44)29-15-12-24(2)13-16-29/h4-17,19,21,32H,3,18,20,22-23H2,1-2H3,(H,38,42). The molecule has 236 valence electrons. The molecule has 45 heavy (non-hydrogen) atoms. The van der Waals surface area contributed by atoms with E-state index in [1.54, 1.807) is 36.4 Å². The zero-order valence-electron chi connectivity index (χ0n) is 24.9. The molecule has 0 spiro atoms. The second kappa shape index (κ2) is 15.6. The van der Waals surface area contributed by atoms with Crippen molar-refractivity contribution >= 4 is 62.3 Å². The van der Waals surface area contributed by atoms with Crippen molar-refractivity contribution < 1.29 is 18.0 Å². The van der Waals surface area contributed by atoms with Crippen molar-refractivity contribution in [2.45, 2.75) is 44.2 Å². The number of rotatable bonds is 13. The van der Waals surface area contributed by atoms with Gasteiger partial charge in [0.2, 0.25) is 11.8 Å². The number of aryl methyl sites for hydroxylation is 1. The number of carbonyl (C=O) groups excluding carboxylic acids is 2. The molecule has 0 heterocycles. The maximum atomic E-state index is 14.5. The zero-order chi connectivity index (χ0) is 32.6. The molecule has 1 N–H and O–H groups in total. The molecule has 4 aromatic rings. The Morgan fingerprint density at radius 1 is 0.822 bits per heavy atom. The lowest BCUT2D eigenvalue weighted by molar-refractivity contribution is -0.140. The first kappa shape index (κ1) is 34.3. The Hall–Kier alpha value is -3.56. The van der Waals surface area contributed by atoms with E-state index in [2.05, 4.69) is 5.32 Å². The van der Waals surface area contributed by atoms with Gasteiger partial charge in [-0.2, -0.15) is 0 Å². The number of carbonyl (C=O) groups is 2. The summed E-state index contributed by atoms with van der Waals surface area (Å²) in [5.41, 5.74) is 2.54. The molecule has 0 fully saturated rings. The number of nitrogens with one attached hydrogen (secondary N) is 1. The van der Waals surface area contributed by atoms with Crippen molar-refractivity contribution in [2.24, 2.45) is 0 Å². The van der Waals surface area contributed by atoms with Crippen LogP contribution in [0.25, 0.3) is 0 Å². The zero-order valence-corrected chi connectivity index (χ0v) is 28.0. The molecule has 0 aliphatic heterocycles. The van der Waals surface area contributed by atoms with Gasteiger partial charge in [0.05, 0.1) is 20.6 Å². The summed E-state index contributed by atoms with van der Waals surface area (Å²) < 4.78 is 29.2. The highest BCUT2D eigenvalue weighted by atomic mass is 35.5. The van der Waals surface area contributed by atoms with E-state index in [0.29, 0.717) is 23.6 Å². The third kappa shape index (κ3) is 9.01. The van der Waals surface area contributed by atoms with E-state index in [4.69, 9.17) is 34.8 Å². The summed E-state index contributed by atoms with van der Waals surface area (Å²) in [7, 11) is -4.27. The van der Waals surface area contributed by atoms with E-state index in [1.165, 1.54) is 35.2 Å². The van der Waals surface area contributed by atoms with Crippen LogP contribution in [0.5, 0.6) is 0 Å². The van der Waals surface area contributed by atoms with Crippen molar-refractivity contribution in [2.75, 3.05) is 17.4 Å². The molecule has 0 aromatic heterocycles. The third-order valence-corrected chi connectivity index (χ3v) is 9.90. The lowest BCUT2D eigenvalue weighted by atomic mass is 10.0. The Morgan fingerprint density at radius 2 is 1.51 bits per heavy atom. The van der Waals surface area contributed by atoms with Crippen LogP contribution in [0.2, 0.25) is 15.1 Å². The van der Waals surface area contributed by atoms with E-state index in [0.717, 1.165) is 15.4 Å². The topological polar surface area (TPSA) is 86.8 Å². The van der Waals surface area contributed by atoms with Crippen molar-refractivity contribution in [3.63, 3.8) is 0 Å². The summed E-state index contributed by atoms with van der Waals surface area (Å²) in [5.74, 6) is -0.942. The van der Waals surface area contributed by atoms with Gasteiger partial charge in [0.25, 0.3) is 10.0 Å². The Bertz CT molecular complexity index is 1740. The summed E-state index contributed by atoms with van der Waals surface area (Å²) in [5, 5.41) is 3.75. The molecular weight excluding hydrogens is 653 g/mol. The minimum absolute atomic E-state index is 0.00473. The van der Waals surface area contributed by atoms with Gasteiger partial charge in [-0.05, 0) is 66.9 Å². The van der Waals surface area contributed by atoms with Crippen LogP contribution in [0.1, 0.15) is 30.0 Å². The van der Waals surface area contributed by atoms with Crippen LogP contribution >= 0.6 is 34.8 Å². The second-order valence-electron chi connectivity index (χ2n) is 10.6. The number of nitrogens with zero attached hydrogens (tertiary/aromatic N) is 2. The lowest BCUT2D eigenvalue weighted by Crippen LogP contribution is -2.53. The van der Waals surface area contributed by atoms with E-state index < -0.39 is 28.5 Å². The van der Waals surface area contributed by atoms with E-state index in [1.807, 2.05) is 44.2 Å². The Balaban J connectivity index is 1.81. The molecular formula is C34H34Cl3N3O4S. The fraction of sp³-hybridized carbons (Fsp3) is 0.235. The van der Waals surface area contributed by atoms with E-state index >= 15 is 0 Å². The lowest BCUT2D eigenvalue weighted by Gasteiger charge is -2.34. The molecule has 0 saturated carbocycles. The molecule has 0 aliphatic carbocycles. The Kier molecular flexibility index (Phi) is 11.9. The molecule has 0 saturated heterocycles. The summed E-state index contributed by atoms with van der Waals surface area (Å²) in [4.78, 5) is 29.6. The highest BCUT2D eigenvalue weighted by molar-refractivity contribution is 7.92. The molecule has 0 bridgehead atoms. The highest BCUT2D eigenvalue weighted by Crippen LogP contribution is 2.31. The molecule has 1 atom stereocenters. The van der Waals surface area contributed by atoms with Crippen molar-refractivity contribution in [1.29, 1.82) is 0 Å². The van der Waals surface area contributed by atoms with Crippen molar-refractivity contribution in [3.8, 4) is 0 Å². The van der Waals surface area contributed by atoms with Crippen LogP contribution in [-0.2, 0) is 32.6 Å². The van der Waals surface area contributed by atoms with Gasteiger partial charge >= 0.3 is 0 Å². The number of halogens is 3. The SMILES string of the molecule is CCCNC(=O)C(Cc1ccccc1)N(Cc1cccc(Cl)c1)C(=O)CN(c1ccc(Cl)c(Cl)c1)S(=O)(=O)c1ccc(C)cc1. The van der Waals surface area contributed by atoms with Crippen molar-refractivity contribution in [1.82, 2.24) is 10.2 Å². The summed E-state index contributed by atoms with van der Waals surface area (Å²) in [6.07, 6.45) is 0.909. The predicted molar refractivity (Wildman–Crippen MR) is 181 cm³/mol. The van der Waals surface area contributed by atoms with Crippen LogP contribution in [0.4, 0.5) is 5.69 Å². The normalized spacial score (nSPS) is 11.9. The summed E-state index contributed by atoms with van der Waals surface area (Å²) in [6.45, 7) is 3.60. The summed E-state index contributed by atoms with van der Waals surface area (Å²) in [6, 6.07) is 26.1. The summed E-state index contributed by atoms with van der Waals surface area (Å²) >= 11 is 18.8. The van der Waals surface area contributed by atoms with Crippen LogP contribution < -0.4 is 9.62 Å². The second-order valence-corrected chi connectivity index (χ2v) is 13.7. The molecule has 0 radical (unpaired) electrons. The van der Waals surface area contributed by atoms with Gasteiger partial charge in [0.15, 0.2) is 0 Å². The number of hydrogen-bond donors (Lipinski definition) is 1. The largest absolute Gasteiger partial charge is 0.354 e. The molecule has 0 aliphatic rings. The molecule has 4 aromatic carbocycles. The third-order valence-electron chi connectivity index (χ3n) is 7.14. The quantitative estimate of drug-likeness (QED) is 0.160.